The van der Waals surface area contributed by atoms with Gasteiger partial charge in [0.2, 0.25) is 0 Å². The van der Waals surface area contributed by atoms with Gasteiger partial charge in [-0.3, -0.25) is 4.79 Å². The van der Waals surface area contributed by atoms with Crippen LogP contribution in [0.15, 0.2) is 0 Å². The molecule has 2 amide bonds. The van der Waals surface area contributed by atoms with Gasteiger partial charge in [-0.1, -0.05) is 0 Å². The average Bonchev–Trinajstić information content (AvgIpc) is 2.82. The predicted molar refractivity (Wildman–Crippen MR) is 75.6 cm³/mol. The molecule has 2 rings (SSSR count). The average molecular weight is 283 g/mol. The third-order valence-corrected chi connectivity index (χ3v) is 4.30. The van der Waals surface area contributed by atoms with E-state index in [1.54, 1.807) is 0 Å². The van der Waals surface area contributed by atoms with Crippen LogP contribution in [0, 0.1) is 0 Å². The van der Waals surface area contributed by atoms with Gasteiger partial charge >= 0.3 is 12.0 Å². The Morgan fingerprint density at radius 3 is 2.70 bits per heavy atom. The number of carboxylic acid groups (broad SMARTS) is 1. The van der Waals surface area contributed by atoms with E-state index in [1.165, 1.54) is 0 Å². The molecule has 6 nitrogen and oxygen atoms in total. The second-order valence-electron chi connectivity index (χ2n) is 5.97. The second kappa shape index (κ2) is 6.92. The van der Waals surface area contributed by atoms with E-state index in [0.29, 0.717) is 6.42 Å². The lowest BCUT2D eigenvalue weighted by molar-refractivity contribution is -0.137. The molecule has 2 N–H and O–H groups in total. The van der Waals surface area contributed by atoms with Crippen molar-refractivity contribution in [1.82, 2.24) is 15.1 Å². The van der Waals surface area contributed by atoms with Crippen molar-refractivity contribution in [3.05, 3.63) is 0 Å². The Hall–Kier alpha value is -1.30. The van der Waals surface area contributed by atoms with Crippen LogP contribution < -0.4 is 5.32 Å². The molecule has 2 aliphatic heterocycles. The van der Waals surface area contributed by atoms with Crippen molar-refractivity contribution in [3.63, 3.8) is 0 Å². The summed E-state index contributed by atoms with van der Waals surface area (Å²) >= 11 is 0. The number of hydrogen-bond donors (Lipinski definition) is 2. The fraction of sp³-hybridized carbons (Fsp3) is 0.857. The van der Waals surface area contributed by atoms with Gasteiger partial charge in [0.05, 0.1) is 0 Å². The first-order valence-electron chi connectivity index (χ1n) is 7.53. The Labute approximate surface area is 120 Å². The van der Waals surface area contributed by atoms with Crippen molar-refractivity contribution < 1.29 is 14.7 Å². The normalized spacial score (nSPS) is 27.6. The summed E-state index contributed by atoms with van der Waals surface area (Å²) in [7, 11) is 2.06. The minimum Gasteiger partial charge on any atom is -0.481 e. The molecule has 20 heavy (non-hydrogen) atoms. The van der Waals surface area contributed by atoms with Gasteiger partial charge in [0.15, 0.2) is 0 Å². The van der Waals surface area contributed by atoms with Crippen LogP contribution in [0.25, 0.3) is 0 Å². The zero-order chi connectivity index (χ0) is 14.5. The Bertz CT molecular complexity index is 362. The van der Waals surface area contributed by atoms with Crippen LogP contribution in [0.1, 0.15) is 38.5 Å². The fourth-order valence-corrected chi connectivity index (χ4v) is 3.17. The number of nitrogens with zero attached hydrogens (tertiary/aromatic N) is 2. The minimum atomic E-state index is -0.784. The monoisotopic (exact) mass is 283 g/mol. The number of carboxylic acids is 1. The van der Waals surface area contributed by atoms with Crippen LogP contribution in [0.2, 0.25) is 0 Å². The SMILES string of the molecule is CN1CCC(NC(=O)N2CCCCC2CCC(=O)O)C1. The molecule has 0 aliphatic carbocycles. The molecule has 0 bridgehead atoms. The zero-order valence-corrected chi connectivity index (χ0v) is 12.2. The quantitative estimate of drug-likeness (QED) is 0.811. The van der Waals surface area contributed by atoms with Gasteiger partial charge in [0, 0.05) is 31.6 Å². The molecule has 6 heteroatoms. The number of rotatable bonds is 4. The molecule has 114 valence electrons. The maximum Gasteiger partial charge on any atom is 0.317 e. The molecule has 0 aromatic carbocycles. The predicted octanol–water partition coefficient (Wildman–Crippen LogP) is 1.12. The van der Waals surface area contributed by atoms with Crippen LogP contribution in [-0.4, -0.2) is 65.7 Å². The highest BCUT2D eigenvalue weighted by atomic mass is 16.4. The van der Waals surface area contributed by atoms with Crippen molar-refractivity contribution in [2.45, 2.75) is 50.6 Å². The number of carbonyl (C=O) groups excluding carboxylic acids is 1. The van der Waals surface area contributed by atoms with Crippen molar-refractivity contribution in [1.29, 1.82) is 0 Å². The highest BCUT2D eigenvalue weighted by Crippen LogP contribution is 2.21. The number of nitrogens with one attached hydrogen (secondary N) is 1. The van der Waals surface area contributed by atoms with Crippen molar-refractivity contribution in [2.24, 2.45) is 0 Å². The molecule has 0 saturated carbocycles. The molecule has 2 heterocycles. The number of hydrogen-bond acceptors (Lipinski definition) is 3. The van der Waals surface area contributed by atoms with Crippen LogP contribution in [0.4, 0.5) is 4.79 Å². The zero-order valence-electron chi connectivity index (χ0n) is 12.2. The molecule has 2 aliphatic rings. The fourth-order valence-electron chi connectivity index (χ4n) is 3.17. The van der Waals surface area contributed by atoms with Crippen molar-refractivity contribution in [2.75, 3.05) is 26.7 Å². The smallest absolute Gasteiger partial charge is 0.317 e. The maximum absolute atomic E-state index is 12.4. The van der Waals surface area contributed by atoms with Gasteiger partial charge in [-0.05, 0) is 45.7 Å². The number of aliphatic carboxylic acids is 1. The van der Waals surface area contributed by atoms with E-state index in [1.807, 2.05) is 4.90 Å². The van der Waals surface area contributed by atoms with Gasteiger partial charge in [-0.2, -0.15) is 0 Å². The molecular weight excluding hydrogens is 258 g/mol. The maximum atomic E-state index is 12.4. The largest absolute Gasteiger partial charge is 0.481 e. The number of amides is 2. The lowest BCUT2D eigenvalue weighted by Crippen LogP contribution is -2.51. The van der Waals surface area contributed by atoms with E-state index in [-0.39, 0.29) is 24.5 Å². The molecule has 2 fully saturated rings. The Balaban J connectivity index is 1.86. The third kappa shape index (κ3) is 4.10. The third-order valence-electron chi connectivity index (χ3n) is 4.30. The summed E-state index contributed by atoms with van der Waals surface area (Å²) in [6.45, 7) is 2.67. The summed E-state index contributed by atoms with van der Waals surface area (Å²) in [5.41, 5.74) is 0. The first kappa shape index (κ1) is 15.1. The lowest BCUT2D eigenvalue weighted by atomic mass is 9.98. The summed E-state index contributed by atoms with van der Waals surface area (Å²) in [6, 6.07) is 0.300. The number of likely N-dealkylation sites (tertiary alicyclic amines) is 2. The van der Waals surface area contributed by atoms with Gasteiger partial charge in [0.1, 0.15) is 0 Å². The summed E-state index contributed by atoms with van der Waals surface area (Å²) < 4.78 is 0. The van der Waals surface area contributed by atoms with Gasteiger partial charge in [-0.15, -0.1) is 0 Å². The lowest BCUT2D eigenvalue weighted by Gasteiger charge is -2.36. The molecule has 0 spiro atoms. The van der Waals surface area contributed by atoms with E-state index in [2.05, 4.69) is 17.3 Å². The van der Waals surface area contributed by atoms with Gasteiger partial charge < -0.3 is 20.2 Å². The Morgan fingerprint density at radius 1 is 1.25 bits per heavy atom. The van der Waals surface area contributed by atoms with E-state index in [9.17, 15) is 9.59 Å². The molecular formula is C14H25N3O3. The second-order valence-corrected chi connectivity index (χ2v) is 5.97. The number of urea groups is 1. The molecule has 0 aromatic heterocycles. The van der Waals surface area contributed by atoms with Gasteiger partial charge in [-0.25, -0.2) is 4.79 Å². The first-order chi connectivity index (χ1) is 9.56. The van der Waals surface area contributed by atoms with E-state index in [0.717, 1.165) is 45.3 Å². The van der Waals surface area contributed by atoms with E-state index < -0.39 is 5.97 Å². The highest BCUT2D eigenvalue weighted by molar-refractivity contribution is 5.75. The Morgan fingerprint density at radius 2 is 2.05 bits per heavy atom. The molecule has 2 saturated heterocycles. The molecule has 2 unspecified atom stereocenters. The summed E-state index contributed by atoms with van der Waals surface area (Å²) in [4.78, 5) is 27.1. The first-order valence-corrected chi connectivity index (χ1v) is 7.53. The van der Waals surface area contributed by atoms with Crippen LogP contribution in [0.5, 0.6) is 0 Å². The number of likely N-dealkylation sites (N-methyl/N-ethyl adjacent to an activating group) is 1. The van der Waals surface area contributed by atoms with Crippen LogP contribution in [-0.2, 0) is 4.79 Å². The molecule has 0 aromatic rings. The minimum absolute atomic E-state index is 0.0135. The van der Waals surface area contributed by atoms with Crippen molar-refractivity contribution in [3.8, 4) is 0 Å². The Kier molecular flexibility index (Phi) is 5.23. The number of piperidine rings is 1. The van der Waals surface area contributed by atoms with Crippen molar-refractivity contribution >= 4 is 12.0 Å². The standard InChI is InChI=1S/C14H25N3O3/c1-16-9-7-11(10-16)15-14(20)17-8-3-2-4-12(17)5-6-13(18)19/h11-12H,2-10H2,1H3,(H,15,20)(H,18,19). The summed E-state index contributed by atoms with van der Waals surface area (Å²) in [5.74, 6) is -0.784. The van der Waals surface area contributed by atoms with E-state index in [4.69, 9.17) is 5.11 Å². The molecule has 2 atom stereocenters. The van der Waals surface area contributed by atoms with E-state index >= 15 is 0 Å². The molecule has 0 radical (unpaired) electrons. The summed E-state index contributed by atoms with van der Waals surface area (Å²) in [5, 5.41) is 11.9. The number of carbonyl (C=O) groups is 2. The van der Waals surface area contributed by atoms with Gasteiger partial charge in [0.25, 0.3) is 0 Å². The summed E-state index contributed by atoms with van der Waals surface area (Å²) in [6.07, 6.45) is 4.72. The van der Waals surface area contributed by atoms with Crippen LogP contribution in [0.3, 0.4) is 0 Å². The van der Waals surface area contributed by atoms with Crippen LogP contribution >= 0.6 is 0 Å². The topological polar surface area (TPSA) is 72.9 Å². The highest BCUT2D eigenvalue weighted by Gasteiger charge is 2.29.